The first-order chi connectivity index (χ1) is 10.8. The van der Waals surface area contributed by atoms with Crippen LogP contribution in [0.5, 0.6) is 0 Å². The van der Waals surface area contributed by atoms with Crippen molar-refractivity contribution in [2.45, 2.75) is 11.8 Å². The number of benzene rings is 2. The molecule has 0 radical (unpaired) electrons. The molecule has 0 bridgehead atoms. The van der Waals surface area contributed by atoms with Crippen molar-refractivity contribution in [1.29, 1.82) is 0 Å². The third kappa shape index (κ3) is 2.80. The van der Waals surface area contributed by atoms with Crippen molar-refractivity contribution in [3.63, 3.8) is 0 Å². The van der Waals surface area contributed by atoms with Crippen LogP contribution in [0.2, 0.25) is 0 Å². The van der Waals surface area contributed by atoms with Gasteiger partial charge in [-0.3, -0.25) is 0 Å². The molecule has 0 N–H and O–H groups in total. The van der Waals surface area contributed by atoms with Crippen molar-refractivity contribution in [3.05, 3.63) is 108 Å². The Labute approximate surface area is 132 Å². The van der Waals surface area contributed by atoms with E-state index in [1.807, 2.05) is 42.5 Å². The molecule has 0 aliphatic heterocycles. The summed E-state index contributed by atoms with van der Waals surface area (Å²) in [5.41, 5.74) is 3.15. The highest BCUT2D eigenvalue weighted by atomic mass is 14.3. The van der Waals surface area contributed by atoms with E-state index in [9.17, 15) is 0 Å². The van der Waals surface area contributed by atoms with E-state index in [-0.39, 0.29) is 5.41 Å². The zero-order chi connectivity index (χ0) is 15.3. The largest absolute Gasteiger partial charge is 0.102 e. The molecule has 0 amide bonds. The van der Waals surface area contributed by atoms with Gasteiger partial charge < -0.3 is 0 Å². The molecule has 2 aromatic rings. The molecular formula is C22H18. The highest BCUT2D eigenvalue weighted by molar-refractivity contribution is 5.53. The predicted molar refractivity (Wildman–Crippen MR) is 93.6 cm³/mol. The minimum absolute atomic E-state index is 0.156. The lowest BCUT2D eigenvalue weighted by atomic mass is 9.74. The van der Waals surface area contributed by atoms with Crippen LogP contribution in [0.15, 0.2) is 91.6 Å². The molecule has 2 aromatic carbocycles. The molecule has 0 spiro atoms. The van der Waals surface area contributed by atoms with Crippen LogP contribution in [-0.4, -0.2) is 0 Å². The quantitative estimate of drug-likeness (QED) is 0.535. The van der Waals surface area contributed by atoms with Gasteiger partial charge in [-0.15, -0.1) is 6.58 Å². The maximum atomic E-state index is 4.06. The van der Waals surface area contributed by atoms with Crippen LogP contribution in [-0.2, 0) is 5.41 Å². The van der Waals surface area contributed by atoms with Gasteiger partial charge in [0.05, 0.1) is 0 Å². The van der Waals surface area contributed by atoms with Gasteiger partial charge in [0.2, 0.25) is 0 Å². The molecule has 1 aliphatic rings. The molecule has 0 saturated carbocycles. The summed E-state index contributed by atoms with van der Waals surface area (Å²) in [6.45, 7) is 4.06. The van der Waals surface area contributed by atoms with Crippen LogP contribution in [0.4, 0.5) is 0 Å². The molecular weight excluding hydrogens is 264 g/mol. The van der Waals surface area contributed by atoms with E-state index in [1.165, 1.54) is 5.56 Å². The molecule has 3 rings (SSSR count). The first-order valence-electron chi connectivity index (χ1n) is 7.49. The smallest absolute Gasteiger partial charge is 0.0359 e. The Morgan fingerprint density at radius 3 is 2.41 bits per heavy atom. The molecule has 0 aromatic heterocycles. The maximum absolute atomic E-state index is 4.06. The Morgan fingerprint density at radius 1 is 0.909 bits per heavy atom. The third-order valence-corrected chi connectivity index (χ3v) is 4.00. The fraction of sp³-hybridized carbons (Fsp3) is 0.0909. The van der Waals surface area contributed by atoms with Crippen LogP contribution in [0.3, 0.4) is 0 Å². The monoisotopic (exact) mass is 282 g/mol. The van der Waals surface area contributed by atoms with Crippen molar-refractivity contribution in [1.82, 2.24) is 0 Å². The van der Waals surface area contributed by atoms with Gasteiger partial charge in [-0.25, -0.2) is 0 Å². The second kappa shape index (κ2) is 6.33. The summed E-state index contributed by atoms with van der Waals surface area (Å²) in [5.74, 6) is 6.59. The van der Waals surface area contributed by atoms with E-state index in [0.29, 0.717) is 0 Å². The second-order valence-electron chi connectivity index (χ2n) is 5.40. The van der Waals surface area contributed by atoms with Crippen molar-refractivity contribution < 1.29 is 0 Å². The summed E-state index contributed by atoms with van der Waals surface area (Å²) < 4.78 is 0. The second-order valence-corrected chi connectivity index (χ2v) is 5.40. The summed E-state index contributed by atoms with van der Waals surface area (Å²) in [4.78, 5) is 0. The first-order valence-corrected chi connectivity index (χ1v) is 7.49. The molecule has 1 atom stereocenters. The first kappa shape index (κ1) is 14.2. The van der Waals surface area contributed by atoms with Crippen LogP contribution in [0, 0.1) is 11.8 Å². The van der Waals surface area contributed by atoms with Crippen molar-refractivity contribution in [2.24, 2.45) is 0 Å². The van der Waals surface area contributed by atoms with Crippen molar-refractivity contribution in [3.8, 4) is 11.8 Å². The molecule has 0 nitrogen and oxygen atoms in total. The summed E-state index contributed by atoms with van der Waals surface area (Å²) in [7, 11) is 0. The molecule has 0 saturated heterocycles. The number of hydrogen-bond donors (Lipinski definition) is 0. The Morgan fingerprint density at radius 2 is 1.68 bits per heavy atom. The van der Waals surface area contributed by atoms with E-state index < -0.39 is 0 Å². The molecule has 0 heteroatoms. The van der Waals surface area contributed by atoms with Gasteiger partial charge in [-0.05, 0) is 30.2 Å². The summed E-state index contributed by atoms with van der Waals surface area (Å²) in [6.07, 6.45) is 11.5. The molecule has 1 aliphatic carbocycles. The van der Waals surface area contributed by atoms with E-state index in [4.69, 9.17) is 0 Å². The third-order valence-electron chi connectivity index (χ3n) is 4.00. The lowest BCUT2D eigenvalue weighted by molar-refractivity contribution is 0.675. The fourth-order valence-corrected chi connectivity index (χ4v) is 2.76. The van der Waals surface area contributed by atoms with E-state index in [1.54, 1.807) is 0 Å². The fourth-order valence-electron chi connectivity index (χ4n) is 2.76. The van der Waals surface area contributed by atoms with Gasteiger partial charge >= 0.3 is 0 Å². The lowest BCUT2D eigenvalue weighted by Crippen LogP contribution is -2.22. The molecule has 22 heavy (non-hydrogen) atoms. The Balaban J connectivity index is 2.04. The van der Waals surface area contributed by atoms with Gasteiger partial charge in [0.1, 0.15) is 0 Å². The van der Waals surface area contributed by atoms with Crippen LogP contribution in [0.1, 0.15) is 23.1 Å². The van der Waals surface area contributed by atoms with E-state index >= 15 is 0 Å². The Kier molecular flexibility index (Phi) is 4.08. The Bertz CT molecular complexity index is 782. The number of rotatable bonds is 2. The minimum Gasteiger partial charge on any atom is -0.102 e. The van der Waals surface area contributed by atoms with Gasteiger partial charge in [0.15, 0.2) is 0 Å². The van der Waals surface area contributed by atoms with Crippen LogP contribution in [0.25, 0.3) is 0 Å². The minimum atomic E-state index is -0.156. The lowest BCUT2D eigenvalue weighted by Gasteiger charge is -2.29. The zero-order valence-corrected chi connectivity index (χ0v) is 12.5. The van der Waals surface area contributed by atoms with E-state index in [2.05, 4.69) is 60.9 Å². The SMILES string of the molecule is C=CC1(c2ccccc2C#Cc2ccccc2)C=CC=CC1. The number of allylic oxidation sites excluding steroid dienone is 5. The van der Waals surface area contributed by atoms with Crippen LogP contribution >= 0.6 is 0 Å². The standard InChI is InChI=1S/C22H18/c1-2-22(17-9-4-10-18-22)21-14-8-7-13-20(21)16-15-19-11-5-3-6-12-19/h2-14,17H,1,18H2. The van der Waals surface area contributed by atoms with Crippen molar-refractivity contribution >= 4 is 0 Å². The average Bonchev–Trinajstić information content (AvgIpc) is 2.62. The topological polar surface area (TPSA) is 0 Å². The summed E-state index contributed by atoms with van der Waals surface area (Å²) in [6, 6.07) is 18.4. The molecule has 1 unspecified atom stereocenters. The highest BCUT2D eigenvalue weighted by Gasteiger charge is 2.27. The highest BCUT2D eigenvalue weighted by Crippen LogP contribution is 2.35. The van der Waals surface area contributed by atoms with Gasteiger partial charge in [0.25, 0.3) is 0 Å². The normalized spacial score (nSPS) is 19.3. The predicted octanol–water partition coefficient (Wildman–Crippen LogP) is 5.03. The van der Waals surface area contributed by atoms with Gasteiger partial charge in [0, 0.05) is 16.5 Å². The van der Waals surface area contributed by atoms with Gasteiger partial charge in [-0.2, -0.15) is 0 Å². The zero-order valence-electron chi connectivity index (χ0n) is 12.5. The average molecular weight is 282 g/mol. The maximum Gasteiger partial charge on any atom is 0.0359 e. The molecule has 0 fully saturated rings. The molecule has 0 heterocycles. The Hall–Kier alpha value is -2.78. The summed E-state index contributed by atoms with van der Waals surface area (Å²) in [5, 5.41) is 0. The van der Waals surface area contributed by atoms with Crippen LogP contribution < -0.4 is 0 Å². The van der Waals surface area contributed by atoms with E-state index in [0.717, 1.165) is 17.5 Å². The molecule has 106 valence electrons. The summed E-state index contributed by atoms with van der Waals surface area (Å²) >= 11 is 0. The van der Waals surface area contributed by atoms with Gasteiger partial charge in [-0.1, -0.05) is 78.6 Å². The number of hydrogen-bond acceptors (Lipinski definition) is 0. The van der Waals surface area contributed by atoms with Crippen molar-refractivity contribution in [2.75, 3.05) is 0 Å².